The zero-order valence-electron chi connectivity index (χ0n) is 11.0. The Morgan fingerprint density at radius 3 is 2.53 bits per heavy atom. The first-order chi connectivity index (χ1) is 9.06. The molecule has 2 bridgehead atoms. The third kappa shape index (κ3) is 2.08. The highest BCUT2D eigenvalue weighted by Crippen LogP contribution is 2.36. The van der Waals surface area contributed by atoms with Crippen LogP contribution in [-0.4, -0.2) is 38.7 Å². The third-order valence-corrected chi connectivity index (χ3v) is 4.29. The predicted molar refractivity (Wildman–Crippen MR) is 69.9 cm³/mol. The monoisotopic (exact) mass is 262 g/mol. The fourth-order valence-electron chi connectivity index (χ4n) is 3.31. The quantitative estimate of drug-likeness (QED) is 0.802. The summed E-state index contributed by atoms with van der Waals surface area (Å²) in [7, 11) is 1.66. The van der Waals surface area contributed by atoms with Crippen molar-refractivity contribution in [1.29, 1.82) is 0 Å². The second kappa shape index (κ2) is 4.49. The van der Waals surface area contributed by atoms with Crippen LogP contribution in [0.2, 0.25) is 0 Å². The van der Waals surface area contributed by atoms with E-state index in [0.717, 1.165) is 12.8 Å². The van der Waals surface area contributed by atoms with Gasteiger partial charge in [-0.25, -0.2) is 0 Å². The summed E-state index contributed by atoms with van der Waals surface area (Å²) in [4.78, 5) is 26.0. The average molecular weight is 262 g/mol. The van der Waals surface area contributed by atoms with E-state index in [9.17, 15) is 14.7 Å². The maximum absolute atomic E-state index is 12.5. The van der Waals surface area contributed by atoms with Gasteiger partial charge in [-0.2, -0.15) is 0 Å². The van der Waals surface area contributed by atoms with Crippen LogP contribution in [0.15, 0.2) is 23.1 Å². The Balaban J connectivity index is 1.88. The zero-order chi connectivity index (χ0) is 13.6. The zero-order valence-corrected chi connectivity index (χ0v) is 11.0. The van der Waals surface area contributed by atoms with E-state index in [0.29, 0.717) is 18.4 Å². The van der Waals surface area contributed by atoms with E-state index < -0.39 is 0 Å². The van der Waals surface area contributed by atoms with Gasteiger partial charge in [-0.3, -0.25) is 9.59 Å². The Hall–Kier alpha value is -1.62. The van der Waals surface area contributed by atoms with Crippen molar-refractivity contribution in [2.75, 3.05) is 0 Å². The van der Waals surface area contributed by atoms with Crippen molar-refractivity contribution in [1.82, 2.24) is 9.47 Å². The van der Waals surface area contributed by atoms with E-state index in [2.05, 4.69) is 0 Å². The predicted octanol–water partition coefficient (Wildman–Crippen LogP) is 0.513. The average Bonchev–Trinajstić information content (AvgIpc) is 2.64. The van der Waals surface area contributed by atoms with E-state index in [1.807, 2.05) is 4.90 Å². The van der Waals surface area contributed by atoms with Crippen LogP contribution in [0.4, 0.5) is 0 Å². The van der Waals surface area contributed by atoms with E-state index >= 15 is 0 Å². The lowest BCUT2D eigenvalue weighted by Crippen LogP contribution is -2.48. The second-order valence-corrected chi connectivity index (χ2v) is 5.59. The SMILES string of the molecule is Cn1ccc(C(=O)N2C3CCC2CC(O)C3)cc1=O. The molecule has 19 heavy (non-hydrogen) atoms. The molecule has 0 aliphatic carbocycles. The normalized spacial score (nSPS) is 29.6. The summed E-state index contributed by atoms with van der Waals surface area (Å²) in [5.41, 5.74) is 0.284. The molecule has 3 rings (SSSR count). The summed E-state index contributed by atoms with van der Waals surface area (Å²) < 4.78 is 1.45. The molecule has 2 saturated heterocycles. The molecule has 2 unspecified atom stereocenters. The summed E-state index contributed by atoms with van der Waals surface area (Å²) in [6, 6.07) is 3.34. The lowest BCUT2D eigenvalue weighted by Gasteiger charge is -2.37. The number of aliphatic hydroxyl groups is 1. The number of hydrogen-bond acceptors (Lipinski definition) is 3. The first-order valence-corrected chi connectivity index (χ1v) is 6.73. The molecule has 1 amide bonds. The molecule has 5 heteroatoms. The summed E-state index contributed by atoms with van der Waals surface area (Å²) in [5, 5.41) is 9.75. The van der Waals surface area contributed by atoms with Crippen molar-refractivity contribution in [2.24, 2.45) is 7.05 Å². The van der Waals surface area contributed by atoms with Gasteiger partial charge in [-0.05, 0) is 31.7 Å². The molecule has 2 fully saturated rings. The number of rotatable bonds is 1. The molecular weight excluding hydrogens is 244 g/mol. The molecule has 0 saturated carbocycles. The molecule has 1 aromatic rings. The van der Waals surface area contributed by atoms with Crippen molar-refractivity contribution < 1.29 is 9.90 Å². The number of carbonyl (C=O) groups is 1. The Kier molecular flexibility index (Phi) is 2.93. The Morgan fingerprint density at radius 2 is 1.95 bits per heavy atom. The van der Waals surface area contributed by atoms with Crippen LogP contribution < -0.4 is 5.56 Å². The number of piperidine rings is 1. The summed E-state index contributed by atoms with van der Waals surface area (Å²) in [6.45, 7) is 0. The van der Waals surface area contributed by atoms with E-state index in [4.69, 9.17) is 0 Å². The summed E-state index contributed by atoms with van der Waals surface area (Å²) >= 11 is 0. The molecule has 0 spiro atoms. The van der Waals surface area contributed by atoms with E-state index in [-0.39, 0.29) is 29.7 Å². The van der Waals surface area contributed by atoms with Crippen LogP contribution in [0.25, 0.3) is 0 Å². The summed E-state index contributed by atoms with van der Waals surface area (Å²) in [5.74, 6) is -0.0721. The Labute approximate surface area is 111 Å². The number of amides is 1. The van der Waals surface area contributed by atoms with E-state index in [1.165, 1.54) is 10.6 Å². The fourth-order valence-corrected chi connectivity index (χ4v) is 3.31. The number of hydrogen-bond donors (Lipinski definition) is 1. The van der Waals surface area contributed by atoms with Crippen LogP contribution in [-0.2, 0) is 7.05 Å². The van der Waals surface area contributed by atoms with Crippen LogP contribution in [0.5, 0.6) is 0 Å². The van der Waals surface area contributed by atoms with Crippen molar-refractivity contribution in [3.8, 4) is 0 Å². The fraction of sp³-hybridized carbons (Fsp3) is 0.571. The van der Waals surface area contributed by atoms with Gasteiger partial charge >= 0.3 is 0 Å². The topological polar surface area (TPSA) is 62.5 Å². The number of carbonyl (C=O) groups excluding carboxylic acids is 1. The first-order valence-electron chi connectivity index (χ1n) is 6.73. The van der Waals surface area contributed by atoms with Crippen LogP contribution in [0.3, 0.4) is 0 Å². The number of fused-ring (bicyclic) bond motifs is 2. The number of pyridine rings is 1. The van der Waals surface area contributed by atoms with Gasteiger partial charge in [0.05, 0.1) is 6.10 Å². The van der Waals surface area contributed by atoms with Gasteiger partial charge in [0.15, 0.2) is 0 Å². The minimum absolute atomic E-state index is 0.0721. The second-order valence-electron chi connectivity index (χ2n) is 5.59. The van der Waals surface area contributed by atoms with Gasteiger partial charge < -0.3 is 14.6 Å². The minimum atomic E-state index is -0.287. The molecule has 2 atom stereocenters. The van der Waals surface area contributed by atoms with Crippen LogP contribution >= 0.6 is 0 Å². The lowest BCUT2D eigenvalue weighted by atomic mass is 9.99. The molecule has 2 aliphatic heterocycles. The molecule has 0 radical (unpaired) electrons. The molecule has 0 aromatic carbocycles. The number of aliphatic hydroxyl groups excluding tert-OH is 1. The first kappa shape index (κ1) is 12.4. The molecule has 3 heterocycles. The smallest absolute Gasteiger partial charge is 0.254 e. The Bertz CT molecular complexity index is 552. The highest BCUT2D eigenvalue weighted by Gasteiger charge is 2.42. The van der Waals surface area contributed by atoms with Gasteiger partial charge in [0.25, 0.3) is 11.5 Å². The third-order valence-electron chi connectivity index (χ3n) is 4.29. The summed E-state index contributed by atoms with van der Waals surface area (Å²) in [6.07, 6.45) is 4.57. The maximum atomic E-state index is 12.5. The van der Waals surface area contributed by atoms with Gasteiger partial charge in [0.2, 0.25) is 0 Å². The van der Waals surface area contributed by atoms with Crippen molar-refractivity contribution in [3.63, 3.8) is 0 Å². The number of nitrogens with zero attached hydrogens (tertiary/aromatic N) is 2. The molecule has 2 aliphatic rings. The van der Waals surface area contributed by atoms with Crippen LogP contribution in [0, 0.1) is 0 Å². The van der Waals surface area contributed by atoms with Crippen molar-refractivity contribution in [2.45, 2.75) is 43.9 Å². The van der Waals surface area contributed by atoms with Crippen molar-refractivity contribution >= 4 is 5.91 Å². The highest BCUT2D eigenvalue weighted by atomic mass is 16.3. The molecule has 102 valence electrons. The molecule has 5 nitrogen and oxygen atoms in total. The van der Waals surface area contributed by atoms with Gasteiger partial charge in [0, 0.05) is 37.0 Å². The minimum Gasteiger partial charge on any atom is -0.393 e. The lowest BCUT2D eigenvalue weighted by molar-refractivity contribution is 0.0286. The highest BCUT2D eigenvalue weighted by molar-refractivity contribution is 5.94. The largest absolute Gasteiger partial charge is 0.393 e. The van der Waals surface area contributed by atoms with E-state index in [1.54, 1.807) is 19.3 Å². The molecule has 1 N–H and O–H groups in total. The number of aryl methyl sites for hydroxylation is 1. The van der Waals surface area contributed by atoms with Crippen molar-refractivity contribution in [3.05, 3.63) is 34.2 Å². The van der Waals surface area contributed by atoms with Gasteiger partial charge in [0.1, 0.15) is 0 Å². The van der Waals surface area contributed by atoms with Crippen LogP contribution in [0.1, 0.15) is 36.0 Å². The van der Waals surface area contributed by atoms with Gasteiger partial charge in [-0.1, -0.05) is 0 Å². The molecular formula is C14H18N2O3. The molecule has 1 aromatic heterocycles. The van der Waals surface area contributed by atoms with Gasteiger partial charge in [-0.15, -0.1) is 0 Å². The maximum Gasteiger partial charge on any atom is 0.254 e. The Morgan fingerprint density at radius 1 is 1.32 bits per heavy atom. The standard InChI is InChI=1S/C14H18N2O3/c1-15-5-4-9(6-13(15)18)14(19)16-10-2-3-11(16)8-12(17)7-10/h4-6,10-12,17H,2-3,7-8H2,1H3. The number of aromatic nitrogens is 1.